The van der Waals surface area contributed by atoms with E-state index in [0.717, 1.165) is 18.4 Å². The van der Waals surface area contributed by atoms with Gasteiger partial charge in [-0.05, 0) is 53.4 Å². The number of hydrogen-bond donors (Lipinski definition) is 2. The Morgan fingerprint density at radius 1 is 1.45 bits per heavy atom. The first-order chi connectivity index (χ1) is 9.44. The lowest BCUT2D eigenvalue weighted by molar-refractivity contribution is 0.156. The first kappa shape index (κ1) is 15.8. The SMILES string of the molecule is Cc1ccc(NS(=O)(=O)N2CCCCC2CO)c(Br)c1. The minimum Gasteiger partial charge on any atom is -0.395 e. The molecule has 1 aromatic carbocycles. The fourth-order valence-corrected chi connectivity index (χ4v) is 4.60. The second kappa shape index (κ2) is 6.43. The highest BCUT2D eigenvalue weighted by atomic mass is 79.9. The van der Waals surface area contributed by atoms with E-state index in [1.807, 2.05) is 19.1 Å². The summed E-state index contributed by atoms with van der Waals surface area (Å²) in [6, 6.07) is 5.11. The van der Waals surface area contributed by atoms with Gasteiger partial charge in [0, 0.05) is 17.1 Å². The number of anilines is 1. The van der Waals surface area contributed by atoms with Crippen LogP contribution in [0.3, 0.4) is 0 Å². The molecule has 0 aliphatic carbocycles. The average Bonchev–Trinajstić information content (AvgIpc) is 2.42. The summed E-state index contributed by atoms with van der Waals surface area (Å²) in [6.07, 6.45) is 2.48. The van der Waals surface area contributed by atoms with E-state index in [-0.39, 0.29) is 12.6 Å². The molecule has 1 aliphatic rings. The Hall–Kier alpha value is -0.630. The Morgan fingerprint density at radius 3 is 2.85 bits per heavy atom. The first-order valence-corrected chi connectivity index (χ1v) is 8.84. The maximum Gasteiger partial charge on any atom is 0.302 e. The minimum absolute atomic E-state index is 0.143. The van der Waals surface area contributed by atoms with Gasteiger partial charge in [-0.2, -0.15) is 12.7 Å². The van der Waals surface area contributed by atoms with Gasteiger partial charge in [0.25, 0.3) is 0 Å². The summed E-state index contributed by atoms with van der Waals surface area (Å²) >= 11 is 3.36. The van der Waals surface area contributed by atoms with E-state index in [0.29, 0.717) is 23.1 Å². The van der Waals surface area contributed by atoms with E-state index < -0.39 is 10.2 Å². The molecule has 5 nitrogen and oxygen atoms in total. The van der Waals surface area contributed by atoms with Crippen LogP contribution in [-0.2, 0) is 10.2 Å². The molecule has 1 unspecified atom stereocenters. The van der Waals surface area contributed by atoms with Gasteiger partial charge in [0.15, 0.2) is 0 Å². The Kier molecular flexibility index (Phi) is 5.06. The molecule has 0 saturated carbocycles. The van der Waals surface area contributed by atoms with Gasteiger partial charge < -0.3 is 5.11 Å². The standard InChI is InChI=1S/C13H19BrN2O3S/c1-10-5-6-13(12(14)8-10)15-20(18,19)16-7-3-2-4-11(16)9-17/h5-6,8,11,15,17H,2-4,7,9H2,1H3. The van der Waals surface area contributed by atoms with Gasteiger partial charge in [-0.3, -0.25) is 4.72 Å². The Bertz CT molecular complexity index is 577. The molecule has 112 valence electrons. The molecule has 1 aliphatic heterocycles. The van der Waals surface area contributed by atoms with E-state index in [4.69, 9.17) is 0 Å². The summed E-state index contributed by atoms with van der Waals surface area (Å²) in [5.74, 6) is 0. The molecule has 0 bridgehead atoms. The van der Waals surface area contributed by atoms with Crippen LogP contribution in [-0.4, -0.2) is 37.0 Å². The molecule has 0 spiro atoms. The van der Waals surface area contributed by atoms with Crippen LogP contribution < -0.4 is 4.72 Å². The topological polar surface area (TPSA) is 69.6 Å². The van der Waals surface area contributed by atoms with Crippen LogP contribution in [0.25, 0.3) is 0 Å². The fraction of sp³-hybridized carbons (Fsp3) is 0.538. The number of nitrogens with one attached hydrogen (secondary N) is 1. The summed E-state index contributed by atoms with van der Waals surface area (Å²) in [5.41, 5.74) is 1.56. The molecule has 0 aromatic heterocycles. The number of aliphatic hydroxyl groups is 1. The number of aryl methyl sites for hydroxylation is 1. The van der Waals surface area contributed by atoms with Crippen molar-refractivity contribution in [2.24, 2.45) is 0 Å². The van der Waals surface area contributed by atoms with Gasteiger partial charge >= 0.3 is 10.2 Å². The lowest BCUT2D eigenvalue weighted by atomic mass is 10.1. The number of aliphatic hydroxyl groups excluding tert-OH is 1. The third-order valence-electron chi connectivity index (χ3n) is 3.46. The number of nitrogens with zero attached hydrogens (tertiary/aromatic N) is 1. The molecule has 1 fully saturated rings. The highest BCUT2D eigenvalue weighted by Crippen LogP contribution is 2.27. The molecule has 2 rings (SSSR count). The molecule has 1 atom stereocenters. The van der Waals surface area contributed by atoms with E-state index in [9.17, 15) is 13.5 Å². The van der Waals surface area contributed by atoms with E-state index in [1.165, 1.54) is 4.31 Å². The predicted molar refractivity (Wildman–Crippen MR) is 82.9 cm³/mol. The molecule has 2 N–H and O–H groups in total. The average molecular weight is 363 g/mol. The molecule has 7 heteroatoms. The summed E-state index contributed by atoms with van der Waals surface area (Å²) in [5, 5.41) is 9.34. The maximum absolute atomic E-state index is 12.4. The monoisotopic (exact) mass is 362 g/mol. The normalized spacial score (nSPS) is 20.9. The van der Waals surface area contributed by atoms with E-state index >= 15 is 0 Å². The third-order valence-corrected chi connectivity index (χ3v) is 5.69. The zero-order chi connectivity index (χ0) is 14.8. The van der Waals surface area contributed by atoms with Crippen LogP contribution in [0.2, 0.25) is 0 Å². The van der Waals surface area contributed by atoms with Crippen molar-refractivity contribution in [3.8, 4) is 0 Å². The number of benzene rings is 1. The largest absolute Gasteiger partial charge is 0.395 e. The summed E-state index contributed by atoms with van der Waals surface area (Å²) < 4.78 is 29.5. The lowest BCUT2D eigenvalue weighted by Crippen LogP contribution is -2.47. The zero-order valence-electron chi connectivity index (χ0n) is 11.3. The van der Waals surface area contributed by atoms with Crippen molar-refractivity contribution in [1.29, 1.82) is 0 Å². The van der Waals surface area contributed by atoms with Crippen molar-refractivity contribution in [1.82, 2.24) is 4.31 Å². The van der Waals surface area contributed by atoms with Gasteiger partial charge in [0.1, 0.15) is 0 Å². The van der Waals surface area contributed by atoms with Crippen LogP contribution in [0.1, 0.15) is 24.8 Å². The van der Waals surface area contributed by atoms with Gasteiger partial charge in [-0.25, -0.2) is 0 Å². The second-order valence-electron chi connectivity index (χ2n) is 5.03. The molecule has 0 amide bonds. The molecule has 1 heterocycles. The number of piperidine rings is 1. The second-order valence-corrected chi connectivity index (χ2v) is 7.51. The number of rotatable bonds is 4. The molecule has 1 saturated heterocycles. The summed E-state index contributed by atoms with van der Waals surface area (Å²) in [4.78, 5) is 0. The van der Waals surface area contributed by atoms with Crippen molar-refractivity contribution < 1.29 is 13.5 Å². The summed E-state index contributed by atoms with van der Waals surface area (Å²) in [6.45, 7) is 2.25. The Balaban J connectivity index is 2.21. The van der Waals surface area contributed by atoms with Crippen molar-refractivity contribution in [3.05, 3.63) is 28.2 Å². The Labute approximate surface area is 128 Å². The number of halogens is 1. The van der Waals surface area contributed by atoms with Crippen molar-refractivity contribution in [3.63, 3.8) is 0 Å². The van der Waals surface area contributed by atoms with Crippen LogP contribution >= 0.6 is 15.9 Å². The quantitative estimate of drug-likeness (QED) is 0.862. The first-order valence-electron chi connectivity index (χ1n) is 6.60. The predicted octanol–water partition coefficient (Wildman–Crippen LogP) is 2.26. The van der Waals surface area contributed by atoms with Gasteiger partial charge in [-0.1, -0.05) is 12.5 Å². The maximum atomic E-state index is 12.4. The zero-order valence-corrected chi connectivity index (χ0v) is 13.7. The smallest absolute Gasteiger partial charge is 0.302 e. The molecule has 20 heavy (non-hydrogen) atoms. The molecule has 0 radical (unpaired) electrons. The van der Waals surface area contributed by atoms with Crippen LogP contribution in [0.4, 0.5) is 5.69 Å². The molecule has 1 aromatic rings. The Morgan fingerprint density at radius 2 is 2.20 bits per heavy atom. The van der Waals surface area contributed by atoms with Crippen molar-refractivity contribution in [2.45, 2.75) is 32.2 Å². The third kappa shape index (κ3) is 3.52. The van der Waals surface area contributed by atoms with Crippen LogP contribution in [0, 0.1) is 6.92 Å². The van der Waals surface area contributed by atoms with Crippen molar-refractivity contribution in [2.75, 3.05) is 17.9 Å². The number of hydrogen-bond acceptors (Lipinski definition) is 3. The fourth-order valence-electron chi connectivity index (χ4n) is 2.37. The van der Waals surface area contributed by atoms with Gasteiger partial charge in [-0.15, -0.1) is 0 Å². The minimum atomic E-state index is -3.64. The van der Waals surface area contributed by atoms with Crippen LogP contribution in [0.15, 0.2) is 22.7 Å². The molecular formula is C13H19BrN2O3S. The molecular weight excluding hydrogens is 344 g/mol. The van der Waals surface area contributed by atoms with Crippen LogP contribution in [0.5, 0.6) is 0 Å². The lowest BCUT2D eigenvalue weighted by Gasteiger charge is -2.33. The highest BCUT2D eigenvalue weighted by molar-refractivity contribution is 9.10. The van der Waals surface area contributed by atoms with Gasteiger partial charge in [0.2, 0.25) is 0 Å². The van der Waals surface area contributed by atoms with Gasteiger partial charge in [0.05, 0.1) is 12.3 Å². The highest BCUT2D eigenvalue weighted by Gasteiger charge is 2.32. The van der Waals surface area contributed by atoms with E-state index in [1.54, 1.807) is 6.07 Å². The van der Waals surface area contributed by atoms with E-state index in [2.05, 4.69) is 20.7 Å². The summed E-state index contributed by atoms with van der Waals surface area (Å²) in [7, 11) is -3.64. The van der Waals surface area contributed by atoms with Crippen molar-refractivity contribution >= 4 is 31.8 Å².